The van der Waals surface area contributed by atoms with Crippen LogP contribution >= 0.6 is 0 Å². The molecule has 0 aliphatic heterocycles. The third-order valence-corrected chi connectivity index (χ3v) is 5.29. The molecule has 0 bridgehead atoms. The first-order valence-corrected chi connectivity index (χ1v) is 13.1. The van der Waals surface area contributed by atoms with Crippen LogP contribution in [0, 0.1) is 0 Å². The van der Waals surface area contributed by atoms with Crippen LogP contribution in [0.1, 0.15) is 65.5 Å². The molecule has 0 heterocycles. The minimum absolute atomic E-state index is 0.0196. The summed E-state index contributed by atoms with van der Waals surface area (Å²) in [5.41, 5.74) is 0.262. The summed E-state index contributed by atoms with van der Waals surface area (Å²) < 4.78 is 10.7. The monoisotopic (exact) mass is 539 g/mol. The summed E-state index contributed by atoms with van der Waals surface area (Å²) in [7, 11) is 0. The molecule has 9 nitrogen and oxygen atoms in total. The van der Waals surface area contributed by atoms with Crippen molar-refractivity contribution in [3.05, 3.63) is 71.8 Å². The van der Waals surface area contributed by atoms with Gasteiger partial charge in [-0.1, -0.05) is 60.7 Å². The van der Waals surface area contributed by atoms with Gasteiger partial charge in [0.05, 0.1) is 0 Å². The number of esters is 1. The van der Waals surface area contributed by atoms with E-state index >= 15 is 0 Å². The van der Waals surface area contributed by atoms with Crippen molar-refractivity contribution in [1.82, 2.24) is 16.0 Å². The highest BCUT2D eigenvalue weighted by atomic mass is 16.6. The maximum Gasteiger partial charge on any atom is 0.408 e. The van der Waals surface area contributed by atoms with Gasteiger partial charge < -0.3 is 25.4 Å². The second-order valence-electron chi connectivity index (χ2n) is 11.3. The molecule has 0 saturated carbocycles. The molecule has 0 aliphatic carbocycles. The highest BCUT2D eigenvalue weighted by molar-refractivity contribution is 5.91. The van der Waals surface area contributed by atoms with Crippen LogP contribution in [0.25, 0.3) is 0 Å². The average molecular weight is 540 g/mol. The third kappa shape index (κ3) is 13.0. The van der Waals surface area contributed by atoms with Crippen molar-refractivity contribution in [3.8, 4) is 0 Å². The zero-order valence-electron chi connectivity index (χ0n) is 23.7. The van der Waals surface area contributed by atoms with Crippen molar-refractivity contribution in [3.63, 3.8) is 0 Å². The van der Waals surface area contributed by atoms with E-state index in [4.69, 9.17) is 9.47 Å². The van der Waals surface area contributed by atoms with Gasteiger partial charge in [-0.05, 0) is 59.1 Å². The Labute approximate surface area is 231 Å². The highest BCUT2D eigenvalue weighted by Crippen LogP contribution is 2.12. The van der Waals surface area contributed by atoms with Crippen molar-refractivity contribution in [2.45, 2.75) is 90.6 Å². The van der Waals surface area contributed by atoms with Gasteiger partial charge >= 0.3 is 12.1 Å². The van der Waals surface area contributed by atoms with Crippen molar-refractivity contribution in [1.29, 1.82) is 0 Å². The van der Waals surface area contributed by atoms with Gasteiger partial charge in [0.1, 0.15) is 23.3 Å². The van der Waals surface area contributed by atoms with E-state index in [9.17, 15) is 19.2 Å². The number of ether oxygens (including phenoxy) is 2. The van der Waals surface area contributed by atoms with Gasteiger partial charge in [0, 0.05) is 19.4 Å². The van der Waals surface area contributed by atoms with E-state index in [-0.39, 0.29) is 25.8 Å². The summed E-state index contributed by atoms with van der Waals surface area (Å²) in [6.07, 6.45) is -0.635. The molecule has 0 aromatic heterocycles. The zero-order valence-corrected chi connectivity index (χ0v) is 23.7. The number of alkyl carbamates (subject to hydrolysis) is 1. The average Bonchev–Trinajstić information content (AvgIpc) is 2.83. The third-order valence-electron chi connectivity index (χ3n) is 5.29. The number of carbonyl (C=O) groups is 4. The number of rotatable bonds is 11. The predicted molar refractivity (Wildman–Crippen MR) is 149 cm³/mol. The van der Waals surface area contributed by atoms with Gasteiger partial charge in [-0.25, -0.2) is 4.79 Å². The molecule has 2 rings (SSSR count). The molecular weight excluding hydrogens is 498 g/mol. The van der Waals surface area contributed by atoms with Gasteiger partial charge in [-0.3, -0.25) is 14.4 Å². The summed E-state index contributed by atoms with van der Waals surface area (Å²) in [5.74, 6) is -1.51. The Morgan fingerprint density at radius 2 is 1.23 bits per heavy atom. The molecule has 0 aliphatic rings. The van der Waals surface area contributed by atoms with Crippen LogP contribution in [0.15, 0.2) is 60.7 Å². The molecule has 3 amide bonds. The molecule has 39 heavy (non-hydrogen) atoms. The Morgan fingerprint density at radius 1 is 0.692 bits per heavy atom. The number of hydrogen-bond acceptors (Lipinski definition) is 6. The van der Waals surface area contributed by atoms with E-state index in [0.717, 1.165) is 11.1 Å². The molecule has 0 fully saturated rings. The Kier molecular flexibility index (Phi) is 11.5. The van der Waals surface area contributed by atoms with Gasteiger partial charge in [0.2, 0.25) is 11.8 Å². The van der Waals surface area contributed by atoms with Crippen LogP contribution in [0.2, 0.25) is 0 Å². The van der Waals surface area contributed by atoms with Crippen LogP contribution in [0.4, 0.5) is 4.79 Å². The standard InChI is InChI=1S/C30H41N3O6/c1-29(2,3)38-25(34)18-17-23(26(35)31-20-22-15-11-8-12-16-22)32-27(36)24(19-21-13-9-7-10-14-21)33-28(37)39-30(4,5)6/h7-16,23-24H,17-20H2,1-6H3,(H,31,35)(H,32,36)(H,33,37)/t23-,24-/m0/s1. The Hall–Kier alpha value is -3.88. The quantitative estimate of drug-likeness (QED) is 0.371. The molecule has 2 atom stereocenters. The summed E-state index contributed by atoms with van der Waals surface area (Å²) in [6.45, 7) is 10.7. The van der Waals surface area contributed by atoms with Crippen molar-refractivity contribution in [2.75, 3.05) is 0 Å². The zero-order chi connectivity index (χ0) is 29.1. The summed E-state index contributed by atoms with van der Waals surface area (Å²) in [5, 5.41) is 8.17. The van der Waals surface area contributed by atoms with E-state index in [0.29, 0.717) is 0 Å². The molecule has 0 spiro atoms. The van der Waals surface area contributed by atoms with Crippen molar-refractivity contribution >= 4 is 23.9 Å². The number of hydrogen-bond donors (Lipinski definition) is 3. The lowest BCUT2D eigenvalue weighted by molar-refractivity contribution is -0.155. The summed E-state index contributed by atoms with van der Waals surface area (Å²) >= 11 is 0. The Balaban J connectivity index is 2.19. The van der Waals surface area contributed by atoms with Crippen molar-refractivity contribution in [2.24, 2.45) is 0 Å². The van der Waals surface area contributed by atoms with E-state index in [2.05, 4.69) is 16.0 Å². The normalized spacial score (nSPS) is 13.0. The van der Waals surface area contributed by atoms with Crippen molar-refractivity contribution < 1.29 is 28.7 Å². The molecule has 0 saturated heterocycles. The second-order valence-corrected chi connectivity index (χ2v) is 11.3. The number of nitrogens with one attached hydrogen (secondary N) is 3. The van der Waals surface area contributed by atoms with Crippen LogP contribution in [0.5, 0.6) is 0 Å². The van der Waals surface area contributed by atoms with E-state index in [1.165, 1.54) is 0 Å². The maximum atomic E-state index is 13.4. The first kappa shape index (κ1) is 31.3. The Bertz CT molecular complexity index is 1090. The lowest BCUT2D eigenvalue weighted by Gasteiger charge is -2.25. The molecule has 0 unspecified atom stereocenters. The molecule has 0 radical (unpaired) electrons. The lowest BCUT2D eigenvalue weighted by atomic mass is 10.0. The van der Waals surface area contributed by atoms with E-state index in [1.807, 2.05) is 60.7 Å². The minimum atomic E-state index is -1.03. The topological polar surface area (TPSA) is 123 Å². The fourth-order valence-corrected chi connectivity index (χ4v) is 3.61. The van der Waals surface area contributed by atoms with Crippen LogP contribution < -0.4 is 16.0 Å². The molecule has 212 valence electrons. The Morgan fingerprint density at radius 3 is 1.77 bits per heavy atom. The lowest BCUT2D eigenvalue weighted by Crippen LogP contribution is -2.55. The van der Waals surface area contributed by atoms with Crippen LogP contribution in [-0.2, 0) is 36.8 Å². The first-order chi connectivity index (χ1) is 18.2. The predicted octanol–water partition coefficient (Wildman–Crippen LogP) is 4.05. The fraction of sp³-hybridized carbons (Fsp3) is 0.467. The number of amides is 3. The molecule has 2 aromatic carbocycles. The van der Waals surface area contributed by atoms with Crippen LogP contribution in [0.3, 0.4) is 0 Å². The van der Waals surface area contributed by atoms with Crippen LogP contribution in [-0.4, -0.2) is 47.2 Å². The summed E-state index contributed by atoms with van der Waals surface area (Å²) in [4.78, 5) is 51.5. The van der Waals surface area contributed by atoms with Gasteiger partial charge in [-0.2, -0.15) is 0 Å². The fourth-order valence-electron chi connectivity index (χ4n) is 3.61. The SMILES string of the molecule is CC(C)(C)OC(=O)CC[C@H](NC(=O)[C@H](Cc1ccccc1)NC(=O)OC(C)(C)C)C(=O)NCc1ccccc1. The second kappa shape index (κ2) is 14.3. The van der Waals surface area contributed by atoms with E-state index < -0.39 is 47.2 Å². The highest BCUT2D eigenvalue weighted by Gasteiger charge is 2.29. The molecule has 9 heteroatoms. The first-order valence-electron chi connectivity index (χ1n) is 13.1. The molecule has 3 N–H and O–H groups in total. The maximum absolute atomic E-state index is 13.4. The molecule has 2 aromatic rings. The summed E-state index contributed by atoms with van der Waals surface area (Å²) in [6, 6.07) is 16.5. The smallest absolute Gasteiger partial charge is 0.408 e. The van der Waals surface area contributed by atoms with E-state index in [1.54, 1.807) is 41.5 Å². The van der Waals surface area contributed by atoms with Gasteiger partial charge in [0.15, 0.2) is 0 Å². The van der Waals surface area contributed by atoms with Gasteiger partial charge in [-0.15, -0.1) is 0 Å². The largest absolute Gasteiger partial charge is 0.460 e. The minimum Gasteiger partial charge on any atom is -0.460 e. The molecular formula is C30H41N3O6. The number of benzene rings is 2. The number of carbonyl (C=O) groups excluding carboxylic acids is 4. The van der Waals surface area contributed by atoms with Gasteiger partial charge in [0.25, 0.3) is 0 Å².